The molecule has 2 amide bonds. The molecule has 0 spiro atoms. The van der Waals surface area contributed by atoms with Gasteiger partial charge < -0.3 is 15.0 Å². The van der Waals surface area contributed by atoms with Crippen LogP contribution in [0.15, 0.2) is 24.3 Å². The second-order valence-corrected chi connectivity index (χ2v) is 6.41. The molecule has 3 rings (SSSR count). The first kappa shape index (κ1) is 16.9. The number of aryl methyl sites for hydroxylation is 1. The number of benzene rings is 1. The van der Waals surface area contributed by atoms with E-state index in [1.165, 1.54) is 12.1 Å². The molecule has 6 heteroatoms. The summed E-state index contributed by atoms with van der Waals surface area (Å²) in [6.45, 7) is 1.01. The van der Waals surface area contributed by atoms with Crippen molar-refractivity contribution in [2.24, 2.45) is 0 Å². The van der Waals surface area contributed by atoms with E-state index >= 15 is 0 Å². The summed E-state index contributed by atoms with van der Waals surface area (Å²) in [7, 11) is 0. The number of hydrogen-bond donors (Lipinski definition) is 1. The van der Waals surface area contributed by atoms with Gasteiger partial charge in [0.2, 0.25) is 5.91 Å². The number of halogens is 1. The minimum absolute atomic E-state index is 0.0662. The number of carbonyl (C=O) groups is 2. The first-order valence-corrected chi connectivity index (χ1v) is 8.60. The third kappa shape index (κ3) is 4.12. The standard InChI is InChI=1S/C18H23FN2O3/c19-14-8-6-13(7-9-14)5-3-1-2-4-10-20-18(23)15-12-21-16(22)11-17(21)24-15/h6-9,15,17H,1-5,10-12H2,(H,20,23)/t15-,17+/m1/s1. The van der Waals surface area contributed by atoms with Crippen LogP contribution in [0.5, 0.6) is 0 Å². The molecule has 1 aromatic rings. The quantitative estimate of drug-likeness (QED) is 0.584. The van der Waals surface area contributed by atoms with Crippen molar-refractivity contribution in [1.29, 1.82) is 0 Å². The summed E-state index contributed by atoms with van der Waals surface area (Å²) in [4.78, 5) is 24.8. The van der Waals surface area contributed by atoms with Crippen molar-refractivity contribution in [3.63, 3.8) is 0 Å². The van der Waals surface area contributed by atoms with Crippen molar-refractivity contribution in [3.8, 4) is 0 Å². The van der Waals surface area contributed by atoms with Gasteiger partial charge in [-0.3, -0.25) is 9.59 Å². The van der Waals surface area contributed by atoms with E-state index in [1.54, 1.807) is 4.90 Å². The van der Waals surface area contributed by atoms with Gasteiger partial charge in [-0.25, -0.2) is 4.39 Å². The van der Waals surface area contributed by atoms with Crippen LogP contribution < -0.4 is 5.32 Å². The van der Waals surface area contributed by atoms with Crippen molar-refractivity contribution < 1.29 is 18.7 Å². The highest BCUT2D eigenvalue weighted by atomic mass is 19.1. The molecule has 2 heterocycles. The fourth-order valence-corrected chi connectivity index (χ4v) is 3.11. The Morgan fingerprint density at radius 1 is 1.21 bits per heavy atom. The number of rotatable bonds is 8. The van der Waals surface area contributed by atoms with Gasteiger partial charge in [-0.2, -0.15) is 0 Å². The summed E-state index contributed by atoms with van der Waals surface area (Å²) in [5, 5.41) is 2.88. The number of β-lactam (4-membered cyclic amide) rings is 1. The molecular weight excluding hydrogens is 311 g/mol. The minimum atomic E-state index is -0.514. The van der Waals surface area contributed by atoms with E-state index in [0.717, 1.165) is 37.7 Å². The first-order chi connectivity index (χ1) is 11.6. The lowest BCUT2D eigenvalue weighted by Gasteiger charge is -2.31. The molecule has 2 aliphatic rings. The summed E-state index contributed by atoms with van der Waals surface area (Å²) in [5.41, 5.74) is 1.15. The number of nitrogens with zero attached hydrogens (tertiary/aromatic N) is 1. The van der Waals surface area contributed by atoms with E-state index in [9.17, 15) is 14.0 Å². The van der Waals surface area contributed by atoms with E-state index in [4.69, 9.17) is 4.74 Å². The highest BCUT2D eigenvalue weighted by Crippen LogP contribution is 2.28. The predicted molar refractivity (Wildman–Crippen MR) is 86.6 cm³/mol. The van der Waals surface area contributed by atoms with Gasteiger partial charge in [-0.05, 0) is 37.0 Å². The average molecular weight is 334 g/mol. The Morgan fingerprint density at radius 3 is 2.67 bits per heavy atom. The lowest BCUT2D eigenvalue weighted by Crippen LogP contribution is -2.48. The van der Waals surface area contributed by atoms with Crippen LogP contribution in [0.2, 0.25) is 0 Å². The monoisotopic (exact) mass is 334 g/mol. The van der Waals surface area contributed by atoms with E-state index in [-0.39, 0.29) is 23.9 Å². The molecule has 2 fully saturated rings. The molecule has 0 saturated carbocycles. The molecule has 0 radical (unpaired) electrons. The summed E-state index contributed by atoms with van der Waals surface area (Å²) in [6.07, 6.45) is 4.76. The van der Waals surface area contributed by atoms with Crippen LogP contribution in [0.25, 0.3) is 0 Å². The maximum atomic E-state index is 12.8. The number of ether oxygens (including phenoxy) is 1. The van der Waals surface area contributed by atoms with Crippen LogP contribution in [0, 0.1) is 5.82 Å². The highest BCUT2D eigenvalue weighted by Gasteiger charge is 2.47. The predicted octanol–water partition coefficient (Wildman–Crippen LogP) is 2.00. The van der Waals surface area contributed by atoms with Crippen molar-refractivity contribution in [1.82, 2.24) is 10.2 Å². The van der Waals surface area contributed by atoms with E-state index in [2.05, 4.69) is 5.32 Å². The van der Waals surface area contributed by atoms with Crippen molar-refractivity contribution in [2.75, 3.05) is 13.1 Å². The third-order valence-corrected chi connectivity index (χ3v) is 4.60. The Hall–Kier alpha value is -1.95. The fraction of sp³-hybridized carbons (Fsp3) is 0.556. The van der Waals surface area contributed by atoms with Crippen LogP contribution in [0.1, 0.15) is 37.7 Å². The van der Waals surface area contributed by atoms with Crippen LogP contribution in [-0.2, 0) is 20.7 Å². The van der Waals surface area contributed by atoms with E-state index < -0.39 is 6.10 Å². The van der Waals surface area contributed by atoms with Gasteiger partial charge in [-0.1, -0.05) is 25.0 Å². The molecule has 1 aromatic carbocycles. The molecule has 2 aliphatic heterocycles. The number of fused-ring (bicyclic) bond motifs is 1. The lowest BCUT2D eigenvalue weighted by atomic mass is 10.1. The molecule has 130 valence electrons. The van der Waals surface area contributed by atoms with Gasteiger partial charge in [0.15, 0.2) is 6.10 Å². The number of carbonyl (C=O) groups excluding carboxylic acids is 2. The number of amides is 2. The molecule has 0 unspecified atom stereocenters. The van der Waals surface area contributed by atoms with Gasteiger partial charge in [0.25, 0.3) is 5.91 Å². The van der Waals surface area contributed by atoms with Gasteiger partial charge in [0, 0.05) is 6.54 Å². The van der Waals surface area contributed by atoms with Crippen LogP contribution in [0.4, 0.5) is 4.39 Å². The molecule has 24 heavy (non-hydrogen) atoms. The maximum absolute atomic E-state index is 12.8. The van der Waals surface area contributed by atoms with E-state index in [1.807, 2.05) is 12.1 Å². The van der Waals surface area contributed by atoms with Gasteiger partial charge in [0.05, 0.1) is 13.0 Å². The molecule has 1 N–H and O–H groups in total. The van der Waals surface area contributed by atoms with Crippen molar-refractivity contribution in [3.05, 3.63) is 35.6 Å². The fourth-order valence-electron chi connectivity index (χ4n) is 3.11. The topological polar surface area (TPSA) is 58.6 Å². The smallest absolute Gasteiger partial charge is 0.251 e. The van der Waals surface area contributed by atoms with Crippen LogP contribution >= 0.6 is 0 Å². The highest BCUT2D eigenvalue weighted by molar-refractivity contribution is 5.87. The number of unbranched alkanes of at least 4 members (excludes halogenated alkanes) is 3. The zero-order valence-corrected chi connectivity index (χ0v) is 13.7. The second kappa shape index (κ2) is 7.75. The summed E-state index contributed by atoms with van der Waals surface area (Å²) in [6, 6.07) is 6.63. The molecule has 2 saturated heterocycles. The van der Waals surface area contributed by atoms with Gasteiger partial charge >= 0.3 is 0 Å². The maximum Gasteiger partial charge on any atom is 0.251 e. The van der Waals surface area contributed by atoms with Gasteiger partial charge in [0.1, 0.15) is 12.0 Å². The molecular formula is C18H23FN2O3. The molecule has 0 aliphatic carbocycles. The number of hydrogen-bond acceptors (Lipinski definition) is 3. The third-order valence-electron chi connectivity index (χ3n) is 4.60. The number of nitrogens with one attached hydrogen (secondary N) is 1. The largest absolute Gasteiger partial charge is 0.354 e. The normalized spacial score (nSPS) is 22.2. The summed E-state index contributed by atoms with van der Waals surface area (Å²) in [5.74, 6) is -0.255. The van der Waals surface area contributed by atoms with Crippen LogP contribution in [-0.4, -0.2) is 42.1 Å². The lowest BCUT2D eigenvalue weighted by molar-refractivity contribution is -0.158. The van der Waals surface area contributed by atoms with Crippen LogP contribution in [0.3, 0.4) is 0 Å². The summed E-state index contributed by atoms with van der Waals surface area (Å²) >= 11 is 0. The zero-order chi connectivity index (χ0) is 16.9. The average Bonchev–Trinajstić information content (AvgIpc) is 2.92. The van der Waals surface area contributed by atoms with Gasteiger partial charge in [-0.15, -0.1) is 0 Å². The molecule has 5 nitrogen and oxygen atoms in total. The SMILES string of the molecule is O=C(NCCCCCCc1ccc(F)cc1)[C@H]1CN2C(=O)C[C@@H]2O1. The summed E-state index contributed by atoms with van der Waals surface area (Å²) < 4.78 is 18.3. The zero-order valence-electron chi connectivity index (χ0n) is 13.7. The Kier molecular flexibility index (Phi) is 5.45. The van der Waals surface area contributed by atoms with Crippen molar-refractivity contribution in [2.45, 2.75) is 50.9 Å². The van der Waals surface area contributed by atoms with Crippen molar-refractivity contribution >= 4 is 11.8 Å². The minimum Gasteiger partial charge on any atom is -0.354 e. The molecule has 2 atom stereocenters. The molecule has 0 bridgehead atoms. The molecule has 0 aromatic heterocycles. The second-order valence-electron chi connectivity index (χ2n) is 6.41. The Bertz CT molecular complexity index is 590. The Morgan fingerprint density at radius 2 is 1.96 bits per heavy atom. The Balaban J connectivity index is 1.22. The Labute approximate surface area is 141 Å². The van der Waals surface area contributed by atoms with E-state index in [0.29, 0.717) is 19.5 Å². The first-order valence-electron chi connectivity index (χ1n) is 8.60.